The van der Waals surface area contributed by atoms with Crippen molar-refractivity contribution in [2.45, 2.75) is 25.4 Å². The van der Waals surface area contributed by atoms with Gasteiger partial charge in [0.1, 0.15) is 11.9 Å². The van der Waals surface area contributed by atoms with Gasteiger partial charge in [-0.15, -0.1) is 0 Å². The second kappa shape index (κ2) is 8.38. The maximum Gasteiger partial charge on any atom is 0.249 e. The van der Waals surface area contributed by atoms with Gasteiger partial charge < -0.3 is 20.1 Å². The Morgan fingerprint density at radius 1 is 1.32 bits per heavy atom. The number of ether oxygens (including phenoxy) is 2. The van der Waals surface area contributed by atoms with Crippen molar-refractivity contribution in [3.63, 3.8) is 0 Å². The summed E-state index contributed by atoms with van der Waals surface area (Å²) in [6.07, 6.45) is 1.89. The summed E-state index contributed by atoms with van der Waals surface area (Å²) in [5.41, 5.74) is 1.04. The van der Waals surface area contributed by atoms with Crippen LogP contribution in [0.4, 0.5) is 0 Å². The molecule has 120 valence electrons. The molecular weight excluding hydrogens is 284 g/mol. The Morgan fingerprint density at radius 2 is 2.14 bits per heavy atom. The lowest BCUT2D eigenvalue weighted by Crippen LogP contribution is -2.41. The Hall–Kier alpha value is -2.08. The number of carbonyl (C=O) groups excluding carboxylic acids is 2. The largest absolute Gasteiger partial charge is 0.496 e. The zero-order valence-corrected chi connectivity index (χ0v) is 12.8. The molecule has 1 heterocycles. The molecular formula is C16H22N2O4. The Balaban J connectivity index is 1.66. The fourth-order valence-electron chi connectivity index (χ4n) is 2.37. The summed E-state index contributed by atoms with van der Waals surface area (Å²) in [5.74, 6) is 0.391. The number of methoxy groups -OCH3 is 1. The van der Waals surface area contributed by atoms with E-state index in [1.807, 2.05) is 24.3 Å². The predicted molar refractivity (Wildman–Crippen MR) is 81.7 cm³/mol. The smallest absolute Gasteiger partial charge is 0.249 e. The van der Waals surface area contributed by atoms with Gasteiger partial charge in [0.2, 0.25) is 11.8 Å². The Kier molecular flexibility index (Phi) is 6.21. The third-order valence-corrected chi connectivity index (χ3v) is 3.55. The van der Waals surface area contributed by atoms with E-state index in [0.29, 0.717) is 19.6 Å². The van der Waals surface area contributed by atoms with Crippen LogP contribution in [-0.4, -0.2) is 44.7 Å². The van der Waals surface area contributed by atoms with E-state index in [2.05, 4.69) is 10.6 Å². The Labute approximate surface area is 130 Å². The number of hydrogen-bond donors (Lipinski definition) is 2. The molecule has 1 aliphatic heterocycles. The molecule has 1 aromatic carbocycles. The second-order valence-corrected chi connectivity index (χ2v) is 5.13. The summed E-state index contributed by atoms with van der Waals surface area (Å²) in [7, 11) is 1.62. The summed E-state index contributed by atoms with van der Waals surface area (Å²) in [4.78, 5) is 23.4. The van der Waals surface area contributed by atoms with Gasteiger partial charge in [0, 0.05) is 13.2 Å². The molecule has 0 radical (unpaired) electrons. The SMILES string of the molecule is COc1ccccc1CCNC(=O)CNC(=O)C1CCCO1. The highest BCUT2D eigenvalue weighted by Gasteiger charge is 2.23. The van der Waals surface area contributed by atoms with Crippen molar-refractivity contribution in [1.29, 1.82) is 0 Å². The van der Waals surface area contributed by atoms with Gasteiger partial charge in [-0.1, -0.05) is 18.2 Å². The van der Waals surface area contributed by atoms with Crippen LogP contribution in [0.15, 0.2) is 24.3 Å². The third-order valence-electron chi connectivity index (χ3n) is 3.55. The van der Waals surface area contributed by atoms with Crippen molar-refractivity contribution >= 4 is 11.8 Å². The summed E-state index contributed by atoms with van der Waals surface area (Å²) in [5, 5.41) is 5.37. The van der Waals surface area contributed by atoms with Crippen LogP contribution in [0.3, 0.4) is 0 Å². The van der Waals surface area contributed by atoms with Crippen LogP contribution in [0.25, 0.3) is 0 Å². The molecule has 1 aromatic rings. The molecule has 0 aliphatic carbocycles. The van der Waals surface area contributed by atoms with Crippen LogP contribution in [0.1, 0.15) is 18.4 Å². The minimum atomic E-state index is -0.402. The summed E-state index contributed by atoms with van der Waals surface area (Å²) < 4.78 is 10.5. The van der Waals surface area contributed by atoms with Crippen molar-refractivity contribution in [3.8, 4) is 5.75 Å². The lowest BCUT2D eigenvalue weighted by Gasteiger charge is -2.11. The van der Waals surface area contributed by atoms with Gasteiger partial charge >= 0.3 is 0 Å². The maximum absolute atomic E-state index is 11.7. The first kappa shape index (κ1) is 16.3. The lowest BCUT2D eigenvalue weighted by atomic mass is 10.1. The maximum atomic E-state index is 11.7. The molecule has 22 heavy (non-hydrogen) atoms. The quantitative estimate of drug-likeness (QED) is 0.775. The van der Waals surface area contributed by atoms with Crippen molar-refractivity contribution < 1.29 is 19.1 Å². The Bertz CT molecular complexity index is 513. The normalized spacial score (nSPS) is 17.0. The molecule has 0 bridgehead atoms. The van der Waals surface area contributed by atoms with Crippen LogP contribution in [0.2, 0.25) is 0 Å². The first-order chi connectivity index (χ1) is 10.7. The van der Waals surface area contributed by atoms with Crippen molar-refractivity contribution in [2.75, 3.05) is 26.8 Å². The van der Waals surface area contributed by atoms with E-state index >= 15 is 0 Å². The van der Waals surface area contributed by atoms with E-state index in [4.69, 9.17) is 9.47 Å². The summed E-state index contributed by atoms with van der Waals surface area (Å²) in [6, 6.07) is 7.69. The van der Waals surface area contributed by atoms with E-state index in [0.717, 1.165) is 24.2 Å². The standard InChI is InChI=1S/C16H22N2O4/c1-21-13-6-3-2-5-12(13)8-9-17-15(19)11-18-16(20)14-7-4-10-22-14/h2-3,5-6,14H,4,7-11H2,1H3,(H,17,19)(H,18,20). The van der Waals surface area contributed by atoms with E-state index in [9.17, 15) is 9.59 Å². The van der Waals surface area contributed by atoms with Gasteiger partial charge in [0.15, 0.2) is 0 Å². The Morgan fingerprint density at radius 3 is 2.86 bits per heavy atom. The highest BCUT2D eigenvalue weighted by atomic mass is 16.5. The molecule has 2 rings (SSSR count). The molecule has 6 heteroatoms. The van der Waals surface area contributed by atoms with Gasteiger partial charge in [0.25, 0.3) is 0 Å². The molecule has 1 fully saturated rings. The van der Waals surface area contributed by atoms with Gasteiger partial charge in [-0.05, 0) is 30.9 Å². The fraction of sp³-hybridized carbons (Fsp3) is 0.500. The number of amides is 2. The number of benzene rings is 1. The number of nitrogens with one attached hydrogen (secondary N) is 2. The number of carbonyl (C=O) groups is 2. The molecule has 1 unspecified atom stereocenters. The van der Waals surface area contributed by atoms with E-state index in [-0.39, 0.29) is 18.4 Å². The molecule has 1 atom stereocenters. The van der Waals surface area contributed by atoms with Crippen molar-refractivity contribution in [3.05, 3.63) is 29.8 Å². The van der Waals surface area contributed by atoms with Crippen LogP contribution in [0.5, 0.6) is 5.75 Å². The first-order valence-corrected chi connectivity index (χ1v) is 7.48. The second-order valence-electron chi connectivity index (χ2n) is 5.13. The first-order valence-electron chi connectivity index (χ1n) is 7.48. The third kappa shape index (κ3) is 4.73. The van der Waals surface area contributed by atoms with Crippen molar-refractivity contribution in [2.24, 2.45) is 0 Å². The van der Waals surface area contributed by atoms with Gasteiger partial charge in [-0.25, -0.2) is 0 Å². The minimum absolute atomic E-state index is 0.0232. The molecule has 2 N–H and O–H groups in total. The molecule has 0 spiro atoms. The average Bonchev–Trinajstić information content (AvgIpc) is 3.07. The van der Waals surface area contributed by atoms with Gasteiger partial charge in [-0.3, -0.25) is 9.59 Å². The predicted octanol–water partition coefficient (Wildman–Crippen LogP) is 0.649. The van der Waals surface area contributed by atoms with Crippen molar-refractivity contribution in [1.82, 2.24) is 10.6 Å². The summed E-state index contributed by atoms with van der Waals surface area (Å²) in [6.45, 7) is 1.09. The van der Waals surface area contributed by atoms with Gasteiger partial charge in [0.05, 0.1) is 13.7 Å². The topological polar surface area (TPSA) is 76.7 Å². The molecule has 0 saturated carbocycles. The lowest BCUT2D eigenvalue weighted by molar-refractivity contribution is -0.132. The molecule has 6 nitrogen and oxygen atoms in total. The minimum Gasteiger partial charge on any atom is -0.496 e. The zero-order chi connectivity index (χ0) is 15.8. The molecule has 1 saturated heterocycles. The number of rotatable bonds is 7. The van der Waals surface area contributed by atoms with Crippen LogP contribution in [0, 0.1) is 0 Å². The average molecular weight is 306 g/mol. The highest BCUT2D eigenvalue weighted by molar-refractivity contribution is 5.86. The zero-order valence-electron chi connectivity index (χ0n) is 12.8. The highest BCUT2D eigenvalue weighted by Crippen LogP contribution is 2.17. The van der Waals surface area contributed by atoms with Crippen LogP contribution < -0.4 is 15.4 Å². The molecule has 1 aliphatic rings. The number of hydrogen-bond acceptors (Lipinski definition) is 4. The molecule has 2 amide bonds. The number of para-hydroxylation sites is 1. The molecule has 0 aromatic heterocycles. The van der Waals surface area contributed by atoms with E-state index in [1.165, 1.54) is 0 Å². The van der Waals surface area contributed by atoms with E-state index < -0.39 is 6.10 Å². The fourth-order valence-corrected chi connectivity index (χ4v) is 2.37. The van der Waals surface area contributed by atoms with Crippen LogP contribution >= 0.6 is 0 Å². The van der Waals surface area contributed by atoms with Gasteiger partial charge in [-0.2, -0.15) is 0 Å². The van der Waals surface area contributed by atoms with E-state index in [1.54, 1.807) is 7.11 Å². The monoisotopic (exact) mass is 306 g/mol. The van der Waals surface area contributed by atoms with Crippen LogP contribution in [-0.2, 0) is 20.7 Å². The summed E-state index contributed by atoms with van der Waals surface area (Å²) >= 11 is 0.